The Labute approximate surface area is 156 Å². The maximum absolute atomic E-state index is 12.3. The Hall–Kier alpha value is -2.98. The van der Waals surface area contributed by atoms with Gasteiger partial charge >= 0.3 is 0 Å². The van der Waals surface area contributed by atoms with Gasteiger partial charge in [-0.3, -0.25) is 4.79 Å². The van der Waals surface area contributed by atoms with Gasteiger partial charge in [-0.25, -0.2) is 10.1 Å². The van der Waals surface area contributed by atoms with Crippen LogP contribution in [-0.2, 0) is 0 Å². The molecule has 1 amide bonds. The molecular formula is C14H12Cl2N8O2. The molecule has 134 valence electrons. The van der Waals surface area contributed by atoms with Crippen molar-refractivity contribution < 1.29 is 9.42 Å². The maximum atomic E-state index is 12.3. The van der Waals surface area contributed by atoms with Crippen molar-refractivity contribution >= 4 is 40.6 Å². The molecule has 3 rings (SSSR count). The predicted molar refractivity (Wildman–Crippen MR) is 94.5 cm³/mol. The van der Waals surface area contributed by atoms with E-state index in [4.69, 9.17) is 28.9 Å². The predicted octanol–water partition coefficient (Wildman–Crippen LogP) is 2.00. The number of halogens is 2. The zero-order valence-electron chi connectivity index (χ0n) is 13.6. The molecule has 0 aliphatic heterocycles. The average Bonchev–Trinajstić information content (AvgIpc) is 3.17. The first-order chi connectivity index (χ1) is 12.4. The van der Waals surface area contributed by atoms with Crippen molar-refractivity contribution in [2.75, 3.05) is 5.73 Å². The van der Waals surface area contributed by atoms with Crippen LogP contribution in [0.4, 0.5) is 5.82 Å². The van der Waals surface area contributed by atoms with E-state index in [0.717, 1.165) is 0 Å². The van der Waals surface area contributed by atoms with Crippen LogP contribution in [0.2, 0.25) is 10.0 Å². The summed E-state index contributed by atoms with van der Waals surface area (Å²) < 4.78 is 5.76. The fourth-order valence-corrected chi connectivity index (χ4v) is 2.65. The second-order valence-electron chi connectivity index (χ2n) is 5.17. The maximum Gasteiger partial charge on any atom is 0.293 e. The van der Waals surface area contributed by atoms with E-state index in [1.165, 1.54) is 4.68 Å². The van der Waals surface area contributed by atoms with Crippen LogP contribution in [-0.4, -0.2) is 36.9 Å². The smallest absolute Gasteiger partial charge is 0.293 e. The molecule has 2 heterocycles. The Balaban J connectivity index is 1.80. The lowest BCUT2D eigenvalue weighted by Gasteiger charge is -2.05. The molecular weight excluding hydrogens is 383 g/mol. The summed E-state index contributed by atoms with van der Waals surface area (Å²) in [5, 5.41) is 19.7. The summed E-state index contributed by atoms with van der Waals surface area (Å²) in [6.45, 7) is 3.32. The van der Waals surface area contributed by atoms with Crippen molar-refractivity contribution in [1.29, 1.82) is 0 Å². The molecule has 0 bridgehead atoms. The van der Waals surface area contributed by atoms with E-state index < -0.39 is 5.91 Å². The van der Waals surface area contributed by atoms with Gasteiger partial charge in [0.05, 0.1) is 16.4 Å². The van der Waals surface area contributed by atoms with E-state index in [9.17, 15) is 4.79 Å². The number of hydrogen-bond acceptors (Lipinski definition) is 8. The van der Waals surface area contributed by atoms with E-state index in [1.807, 2.05) is 0 Å². The summed E-state index contributed by atoms with van der Waals surface area (Å²) in [5.41, 5.74) is 9.59. The molecule has 0 unspecified atom stereocenters. The van der Waals surface area contributed by atoms with Crippen LogP contribution in [0.15, 0.2) is 27.9 Å². The second-order valence-corrected chi connectivity index (χ2v) is 6.01. The summed E-state index contributed by atoms with van der Waals surface area (Å²) >= 11 is 12.0. The van der Waals surface area contributed by atoms with Gasteiger partial charge in [-0.2, -0.15) is 9.78 Å². The highest BCUT2D eigenvalue weighted by Gasteiger charge is 2.20. The number of nitrogens with zero attached hydrogens (tertiary/aromatic N) is 6. The van der Waals surface area contributed by atoms with E-state index >= 15 is 0 Å². The van der Waals surface area contributed by atoms with E-state index in [0.29, 0.717) is 27.0 Å². The lowest BCUT2D eigenvalue weighted by atomic mass is 10.1. The number of rotatable bonds is 4. The minimum absolute atomic E-state index is 0.0243. The quantitative estimate of drug-likeness (QED) is 0.509. The van der Waals surface area contributed by atoms with E-state index in [2.05, 4.69) is 35.8 Å². The lowest BCUT2D eigenvalue weighted by molar-refractivity contribution is 0.0949. The van der Waals surface area contributed by atoms with Crippen molar-refractivity contribution in [2.24, 2.45) is 5.10 Å². The summed E-state index contributed by atoms with van der Waals surface area (Å²) in [6.07, 6.45) is 0. The highest BCUT2D eigenvalue weighted by molar-refractivity contribution is 6.37. The minimum Gasteiger partial charge on any atom is -0.378 e. The van der Waals surface area contributed by atoms with Crippen LogP contribution >= 0.6 is 23.2 Å². The fraction of sp³-hybridized carbons (Fsp3) is 0.143. The van der Waals surface area contributed by atoms with Crippen LogP contribution in [0.3, 0.4) is 0 Å². The van der Waals surface area contributed by atoms with Gasteiger partial charge in [0, 0.05) is 10.6 Å². The second kappa shape index (κ2) is 7.10. The van der Waals surface area contributed by atoms with Gasteiger partial charge in [-0.1, -0.05) is 34.5 Å². The SMILES string of the molecule is C/C(=N\NC(=O)c1nnn(-c2nonc2N)c1C)c1ccc(Cl)cc1Cl. The van der Waals surface area contributed by atoms with Crippen molar-refractivity contribution in [3.8, 4) is 5.82 Å². The molecule has 1 aromatic carbocycles. The molecule has 2 aromatic heterocycles. The summed E-state index contributed by atoms with van der Waals surface area (Å²) in [7, 11) is 0. The molecule has 0 aliphatic rings. The highest BCUT2D eigenvalue weighted by Crippen LogP contribution is 2.21. The molecule has 0 saturated heterocycles. The molecule has 0 atom stereocenters. The molecule has 0 spiro atoms. The standard InChI is InChI=1S/C14H12Cl2N8O2/c1-6(9-4-3-8(15)5-10(9)16)18-20-14(25)11-7(2)24(23-19-11)13-12(17)21-26-22-13/h3-5H,1-2H3,(H2,17,21)(H,20,25)/b18-6+. The average molecular weight is 395 g/mol. The number of nitrogens with two attached hydrogens (primary N) is 1. The van der Waals surface area contributed by atoms with Gasteiger partial charge in [0.25, 0.3) is 5.91 Å². The van der Waals surface area contributed by atoms with Gasteiger partial charge in [0.1, 0.15) is 0 Å². The monoisotopic (exact) mass is 394 g/mol. The number of anilines is 1. The summed E-state index contributed by atoms with van der Waals surface area (Å²) in [6, 6.07) is 4.97. The molecule has 12 heteroatoms. The third kappa shape index (κ3) is 3.37. The number of nitrogen functional groups attached to an aromatic ring is 1. The Morgan fingerprint density at radius 1 is 1.35 bits per heavy atom. The number of aromatic nitrogens is 5. The first kappa shape index (κ1) is 17.8. The van der Waals surface area contributed by atoms with Gasteiger partial charge in [-0.05, 0) is 36.3 Å². The summed E-state index contributed by atoms with van der Waals surface area (Å²) in [4.78, 5) is 12.3. The van der Waals surface area contributed by atoms with Crippen LogP contribution in [0.25, 0.3) is 5.82 Å². The van der Waals surface area contributed by atoms with Crippen molar-refractivity contribution in [2.45, 2.75) is 13.8 Å². The normalized spacial score (nSPS) is 11.6. The first-order valence-electron chi connectivity index (χ1n) is 7.19. The molecule has 0 saturated carbocycles. The largest absolute Gasteiger partial charge is 0.378 e. The molecule has 3 N–H and O–H groups in total. The number of amides is 1. The topological polar surface area (TPSA) is 137 Å². The Kier molecular flexibility index (Phi) is 4.87. The molecule has 3 aromatic rings. The number of benzene rings is 1. The van der Waals surface area contributed by atoms with Crippen LogP contribution in [0, 0.1) is 6.92 Å². The molecule has 0 fully saturated rings. The van der Waals surface area contributed by atoms with Gasteiger partial charge in [0.15, 0.2) is 5.69 Å². The van der Waals surface area contributed by atoms with E-state index in [-0.39, 0.29) is 17.3 Å². The van der Waals surface area contributed by atoms with Gasteiger partial charge in [0.2, 0.25) is 11.6 Å². The number of hydrogen-bond donors (Lipinski definition) is 2. The Bertz CT molecular complexity index is 1010. The number of carbonyl (C=O) groups is 1. The molecule has 10 nitrogen and oxygen atoms in total. The Morgan fingerprint density at radius 2 is 2.12 bits per heavy atom. The zero-order valence-corrected chi connectivity index (χ0v) is 15.1. The van der Waals surface area contributed by atoms with Crippen LogP contribution in [0.1, 0.15) is 28.7 Å². The van der Waals surface area contributed by atoms with Crippen molar-refractivity contribution in [1.82, 2.24) is 30.7 Å². The third-order valence-electron chi connectivity index (χ3n) is 3.45. The fourth-order valence-electron chi connectivity index (χ4n) is 2.11. The minimum atomic E-state index is -0.562. The van der Waals surface area contributed by atoms with Crippen LogP contribution < -0.4 is 11.2 Å². The lowest BCUT2D eigenvalue weighted by Crippen LogP contribution is -2.21. The third-order valence-corrected chi connectivity index (χ3v) is 4.00. The van der Waals surface area contributed by atoms with Gasteiger partial charge < -0.3 is 5.73 Å². The highest BCUT2D eigenvalue weighted by atomic mass is 35.5. The van der Waals surface area contributed by atoms with Crippen LogP contribution in [0.5, 0.6) is 0 Å². The van der Waals surface area contributed by atoms with Crippen molar-refractivity contribution in [3.05, 3.63) is 45.2 Å². The number of nitrogens with one attached hydrogen (secondary N) is 1. The molecule has 0 aliphatic carbocycles. The zero-order chi connectivity index (χ0) is 18.8. The molecule has 0 radical (unpaired) electrons. The van der Waals surface area contributed by atoms with Crippen molar-refractivity contribution in [3.63, 3.8) is 0 Å². The number of hydrazone groups is 1. The summed E-state index contributed by atoms with van der Waals surface area (Å²) in [5.74, 6) is -0.397. The number of carbonyl (C=O) groups excluding carboxylic acids is 1. The van der Waals surface area contributed by atoms with Gasteiger partial charge in [-0.15, -0.1) is 5.10 Å². The first-order valence-corrected chi connectivity index (χ1v) is 7.95. The van der Waals surface area contributed by atoms with E-state index in [1.54, 1.807) is 32.0 Å². The molecule has 26 heavy (non-hydrogen) atoms. The Morgan fingerprint density at radius 3 is 2.77 bits per heavy atom.